The fraction of sp³-hybridized carbons (Fsp3) is 0.455. The molecule has 1 amide bonds. The van der Waals surface area contributed by atoms with Gasteiger partial charge >= 0.3 is 5.97 Å². The number of nitrogens with one attached hydrogen (secondary N) is 2. The van der Waals surface area contributed by atoms with Crippen molar-refractivity contribution in [2.75, 3.05) is 36.9 Å². The van der Waals surface area contributed by atoms with Crippen LogP contribution in [0, 0.1) is 13.8 Å². The lowest BCUT2D eigenvalue weighted by molar-refractivity contribution is -0.117. The van der Waals surface area contributed by atoms with Crippen molar-refractivity contribution in [1.82, 2.24) is 9.88 Å². The molecule has 1 atom stereocenters. The number of pyridine rings is 1. The molecule has 1 unspecified atom stereocenters. The molecule has 0 bridgehead atoms. The molecule has 3 rings (SSSR count). The number of aryl methyl sites for hydroxylation is 1. The van der Waals surface area contributed by atoms with Gasteiger partial charge in [-0.15, -0.1) is 11.3 Å². The lowest BCUT2D eigenvalue weighted by atomic mass is 10.1. The maximum Gasteiger partial charge on any atom is 0.341 e. The van der Waals surface area contributed by atoms with Gasteiger partial charge in [0.1, 0.15) is 10.8 Å². The normalized spacial score (nSPS) is 16.2. The molecular formula is C22H28N4O4S. The van der Waals surface area contributed by atoms with Crippen molar-refractivity contribution in [2.45, 2.75) is 40.2 Å². The lowest BCUT2D eigenvalue weighted by Gasteiger charge is -2.17. The highest BCUT2D eigenvalue weighted by molar-refractivity contribution is 7.18. The number of amides is 1. The minimum absolute atomic E-state index is 0.147. The molecule has 2 N–H and O–H groups in total. The summed E-state index contributed by atoms with van der Waals surface area (Å²) in [5, 5.41) is 6.60. The van der Waals surface area contributed by atoms with E-state index in [1.165, 1.54) is 6.92 Å². The summed E-state index contributed by atoms with van der Waals surface area (Å²) < 4.78 is 5.12. The maximum atomic E-state index is 12.7. The third-order valence-electron chi connectivity index (χ3n) is 5.08. The van der Waals surface area contributed by atoms with Gasteiger partial charge in [0.2, 0.25) is 5.91 Å². The number of rotatable bonds is 8. The van der Waals surface area contributed by atoms with Crippen LogP contribution in [0.3, 0.4) is 0 Å². The van der Waals surface area contributed by atoms with Gasteiger partial charge in [-0.25, -0.2) is 9.78 Å². The third kappa shape index (κ3) is 5.68. The van der Waals surface area contributed by atoms with E-state index in [4.69, 9.17) is 4.74 Å². The molecule has 1 aliphatic rings. The second-order valence-electron chi connectivity index (χ2n) is 7.61. The smallest absolute Gasteiger partial charge is 0.341 e. The molecule has 3 heterocycles. The molecule has 2 aromatic rings. The molecule has 9 heteroatoms. The average Bonchev–Trinajstić information content (AvgIpc) is 3.25. The molecule has 1 fully saturated rings. The summed E-state index contributed by atoms with van der Waals surface area (Å²) in [5.41, 5.74) is 1.76. The number of hydrogen-bond acceptors (Lipinski definition) is 8. The number of thiophene rings is 1. The van der Waals surface area contributed by atoms with Gasteiger partial charge in [0.15, 0.2) is 5.78 Å². The van der Waals surface area contributed by atoms with Crippen molar-refractivity contribution >= 4 is 39.8 Å². The third-order valence-corrected chi connectivity index (χ3v) is 6.39. The molecule has 0 aliphatic carbocycles. The van der Waals surface area contributed by atoms with Crippen LogP contribution in [0.25, 0.3) is 0 Å². The topological polar surface area (TPSA) is 101 Å². The zero-order valence-electron chi connectivity index (χ0n) is 18.3. The molecule has 0 radical (unpaired) electrons. The van der Waals surface area contributed by atoms with Crippen LogP contribution in [-0.4, -0.2) is 59.8 Å². The Morgan fingerprint density at radius 1 is 1.29 bits per heavy atom. The fourth-order valence-electron chi connectivity index (χ4n) is 3.68. The van der Waals surface area contributed by atoms with Gasteiger partial charge in [-0.1, -0.05) is 6.07 Å². The summed E-state index contributed by atoms with van der Waals surface area (Å²) in [6.45, 7) is 8.73. The molecule has 8 nitrogen and oxygen atoms in total. The number of carbonyl (C=O) groups is 3. The van der Waals surface area contributed by atoms with Crippen LogP contribution in [0.1, 0.15) is 51.6 Å². The van der Waals surface area contributed by atoms with Gasteiger partial charge in [0.05, 0.1) is 23.6 Å². The summed E-state index contributed by atoms with van der Waals surface area (Å²) in [5.74, 6) is -0.0701. The Morgan fingerprint density at radius 3 is 2.74 bits per heavy atom. The minimum Gasteiger partial charge on any atom is -0.462 e. The van der Waals surface area contributed by atoms with Crippen LogP contribution >= 0.6 is 11.3 Å². The number of esters is 1. The molecule has 0 aromatic carbocycles. The van der Waals surface area contributed by atoms with Crippen LogP contribution in [0.15, 0.2) is 18.2 Å². The highest BCUT2D eigenvalue weighted by Gasteiger charge is 2.27. The number of carbonyl (C=O) groups excluding carboxylic acids is 3. The van der Waals surface area contributed by atoms with Crippen LogP contribution in [0.4, 0.5) is 10.8 Å². The van der Waals surface area contributed by atoms with E-state index >= 15 is 0 Å². The van der Waals surface area contributed by atoms with Gasteiger partial charge in [-0.05, 0) is 51.8 Å². The van der Waals surface area contributed by atoms with Crippen molar-refractivity contribution < 1.29 is 19.1 Å². The van der Waals surface area contributed by atoms with Crippen molar-refractivity contribution in [1.29, 1.82) is 0 Å². The number of hydrogen-bond donors (Lipinski definition) is 2. The van der Waals surface area contributed by atoms with Gasteiger partial charge in [0.25, 0.3) is 0 Å². The molecule has 31 heavy (non-hydrogen) atoms. The largest absolute Gasteiger partial charge is 0.462 e. The van der Waals surface area contributed by atoms with E-state index in [1.54, 1.807) is 13.8 Å². The Balaban J connectivity index is 1.62. The summed E-state index contributed by atoms with van der Waals surface area (Å²) in [6, 6.07) is 6.06. The Labute approximate surface area is 186 Å². The first-order valence-corrected chi connectivity index (χ1v) is 11.1. The molecule has 0 saturated carbocycles. The monoisotopic (exact) mass is 444 g/mol. The fourth-order valence-corrected chi connectivity index (χ4v) is 4.79. The zero-order chi connectivity index (χ0) is 22.5. The van der Waals surface area contributed by atoms with Crippen LogP contribution in [0.5, 0.6) is 0 Å². The first-order valence-electron chi connectivity index (χ1n) is 10.3. The summed E-state index contributed by atoms with van der Waals surface area (Å²) >= 11 is 1.12. The second-order valence-corrected chi connectivity index (χ2v) is 8.64. The van der Waals surface area contributed by atoms with E-state index in [-0.39, 0.29) is 36.4 Å². The number of Topliss-reactive ketones (excluding diaryl/α,β-unsaturated/α-hetero) is 1. The predicted octanol–water partition coefficient (Wildman–Crippen LogP) is 3.26. The predicted molar refractivity (Wildman–Crippen MR) is 121 cm³/mol. The van der Waals surface area contributed by atoms with E-state index in [0.29, 0.717) is 15.4 Å². The summed E-state index contributed by atoms with van der Waals surface area (Å²) in [7, 11) is 0. The van der Waals surface area contributed by atoms with E-state index in [1.807, 2.05) is 25.1 Å². The SMILES string of the molecule is CCOC(=O)c1c(NC(=O)CN2CCC(Nc3cccc(C)n3)C2)sc(C(C)=O)c1C. The molecule has 166 valence electrons. The first-order chi connectivity index (χ1) is 14.8. The molecular weight excluding hydrogens is 416 g/mol. The summed E-state index contributed by atoms with van der Waals surface area (Å²) in [6.07, 6.45) is 0.906. The maximum absolute atomic E-state index is 12.7. The number of aromatic nitrogens is 1. The average molecular weight is 445 g/mol. The zero-order valence-corrected chi connectivity index (χ0v) is 19.1. The molecule has 1 aliphatic heterocycles. The second kappa shape index (κ2) is 10.0. The minimum atomic E-state index is -0.532. The van der Waals surface area contributed by atoms with Gasteiger partial charge in [0, 0.05) is 24.8 Å². The van der Waals surface area contributed by atoms with E-state index in [9.17, 15) is 14.4 Å². The standard InChI is InChI=1S/C22H28N4O4S/c1-5-30-22(29)19-14(3)20(15(4)27)31-21(19)25-18(28)12-26-10-9-16(11-26)24-17-8-6-7-13(2)23-17/h6-8,16H,5,9-12H2,1-4H3,(H,23,24)(H,25,28). The Morgan fingerprint density at radius 2 is 2.06 bits per heavy atom. The number of likely N-dealkylation sites (tertiary alicyclic amines) is 1. The lowest BCUT2D eigenvalue weighted by Crippen LogP contribution is -2.33. The van der Waals surface area contributed by atoms with Crippen molar-refractivity contribution in [3.05, 3.63) is 39.9 Å². The van der Waals surface area contributed by atoms with Crippen LogP contribution < -0.4 is 10.6 Å². The van der Waals surface area contributed by atoms with Crippen LogP contribution in [-0.2, 0) is 9.53 Å². The number of anilines is 2. The summed E-state index contributed by atoms with van der Waals surface area (Å²) in [4.78, 5) is 44.0. The highest BCUT2D eigenvalue weighted by atomic mass is 32.1. The molecule has 2 aromatic heterocycles. The Kier molecular flexibility index (Phi) is 7.40. The van der Waals surface area contributed by atoms with Gasteiger partial charge < -0.3 is 15.4 Å². The Hall–Kier alpha value is -2.78. The van der Waals surface area contributed by atoms with Gasteiger partial charge in [-0.3, -0.25) is 14.5 Å². The van der Waals surface area contributed by atoms with Crippen molar-refractivity contribution in [3.8, 4) is 0 Å². The van der Waals surface area contributed by atoms with Crippen molar-refractivity contribution in [2.24, 2.45) is 0 Å². The van der Waals surface area contributed by atoms with Crippen molar-refractivity contribution in [3.63, 3.8) is 0 Å². The van der Waals surface area contributed by atoms with Gasteiger partial charge in [-0.2, -0.15) is 0 Å². The first kappa shape index (κ1) is 22.9. The molecule has 1 saturated heterocycles. The van der Waals surface area contributed by atoms with Crippen LogP contribution in [0.2, 0.25) is 0 Å². The Bertz CT molecular complexity index is 988. The highest BCUT2D eigenvalue weighted by Crippen LogP contribution is 2.34. The quantitative estimate of drug-likeness (QED) is 0.476. The van der Waals surface area contributed by atoms with E-state index < -0.39 is 5.97 Å². The number of nitrogens with zero attached hydrogens (tertiary/aromatic N) is 2. The molecule has 0 spiro atoms. The number of ether oxygens (including phenoxy) is 1. The van der Waals surface area contributed by atoms with E-state index in [2.05, 4.69) is 20.5 Å². The van der Waals surface area contributed by atoms with E-state index in [0.717, 1.165) is 42.4 Å². The number of ketones is 1.